The van der Waals surface area contributed by atoms with Gasteiger partial charge in [-0.3, -0.25) is 14.9 Å². The zero-order chi connectivity index (χ0) is 24.1. The van der Waals surface area contributed by atoms with E-state index in [-0.39, 0.29) is 33.4 Å². The van der Waals surface area contributed by atoms with Crippen molar-refractivity contribution >= 4 is 45.5 Å². The zero-order valence-corrected chi connectivity index (χ0v) is 20.0. The maximum absolute atomic E-state index is 12.9. The number of nitrogens with one attached hydrogen (secondary N) is 1. The molecule has 1 heterocycles. The van der Waals surface area contributed by atoms with E-state index in [0.29, 0.717) is 17.9 Å². The van der Waals surface area contributed by atoms with Gasteiger partial charge in [-0.2, -0.15) is 0 Å². The Labute approximate surface area is 200 Å². The van der Waals surface area contributed by atoms with E-state index in [4.69, 9.17) is 16.3 Å². The first-order chi connectivity index (χ1) is 15.7. The molecule has 0 saturated carbocycles. The summed E-state index contributed by atoms with van der Waals surface area (Å²) >= 11 is 7.28. The van der Waals surface area contributed by atoms with Crippen LogP contribution < -0.4 is 5.32 Å². The van der Waals surface area contributed by atoms with E-state index in [1.165, 1.54) is 23.5 Å². The van der Waals surface area contributed by atoms with Crippen LogP contribution in [0.5, 0.6) is 0 Å². The normalized spacial score (nSPS) is 10.8. The number of nitrogens with zero attached hydrogens (tertiary/aromatic N) is 1. The van der Waals surface area contributed by atoms with Gasteiger partial charge in [-0.05, 0) is 29.5 Å². The van der Waals surface area contributed by atoms with Crippen molar-refractivity contribution in [2.24, 2.45) is 0 Å². The van der Waals surface area contributed by atoms with Gasteiger partial charge < -0.3 is 10.1 Å². The summed E-state index contributed by atoms with van der Waals surface area (Å²) in [6.45, 7) is 6.32. The average Bonchev–Trinajstić information content (AvgIpc) is 3.21. The summed E-state index contributed by atoms with van der Waals surface area (Å²) in [5.74, 6) is -0.844. The van der Waals surface area contributed by atoms with Crippen LogP contribution in [0.25, 0.3) is 11.1 Å². The van der Waals surface area contributed by atoms with Crippen LogP contribution in [0.1, 0.15) is 59.4 Å². The second-order valence-electron chi connectivity index (χ2n) is 7.64. The highest BCUT2D eigenvalue weighted by Crippen LogP contribution is 2.37. The van der Waals surface area contributed by atoms with Gasteiger partial charge in [0.1, 0.15) is 10.6 Å². The van der Waals surface area contributed by atoms with E-state index in [1.54, 1.807) is 5.38 Å². The summed E-state index contributed by atoms with van der Waals surface area (Å²) in [5.41, 5.74) is 2.53. The molecule has 1 aromatic heterocycles. The molecule has 0 unspecified atom stereocenters. The van der Waals surface area contributed by atoms with Crippen LogP contribution in [0.15, 0.2) is 47.8 Å². The van der Waals surface area contributed by atoms with Gasteiger partial charge in [-0.15, -0.1) is 11.3 Å². The zero-order valence-electron chi connectivity index (χ0n) is 18.4. The number of nitro benzene ring substituents is 1. The standard InChI is InChI=1S/C24H23ClN2O5S/c1-4-11-32-24(29)21-19(16-7-5-15(6-8-16)14(2)3)13-33-23(21)26-22(28)18-12-17(27(30)31)9-10-20(18)25/h5-10,12-14H,4,11H2,1-3H3,(H,26,28). The lowest BCUT2D eigenvalue weighted by atomic mass is 9.98. The second kappa shape index (κ2) is 10.6. The average molecular weight is 487 g/mol. The number of esters is 1. The molecular weight excluding hydrogens is 464 g/mol. The van der Waals surface area contributed by atoms with Gasteiger partial charge in [-0.25, -0.2) is 4.79 Å². The van der Waals surface area contributed by atoms with Crippen molar-refractivity contribution in [3.05, 3.63) is 79.7 Å². The van der Waals surface area contributed by atoms with Crippen LogP contribution in [0, 0.1) is 10.1 Å². The number of rotatable bonds is 8. The summed E-state index contributed by atoms with van der Waals surface area (Å²) in [7, 11) is 0. The molecule has 0 aliphatic carbocycles. The molecule has 0 atom stereocenters. The number of ether oxygens (including phenoxy) is 1. The smallest absolute Gasteiger partial charge is 0.341 e. The highest BCUT2D eigenvalue weighted by atomic mass is 35.5. The maximum Gasteiger partial charge on any atom is 0.341 e. The van der Waals surface area contributed by atoms with Gasteiger partial charge in [-0.1, -0.05) is 56.6 Å². The Morgan fingerprint density at radius 2 is 1.88 bits per heavy atom. The number of non-ortho nitro benzene ring substituents is 1. The highest BCUT2D eigenvalue weighted by molar-refractivity contribution is 7.15. The summed E-state index contributed by atoms with van der Waals surface area (Å²) in [6, 6.07) is 11.5. The molecule has 2 aromatic carbocycles. The van der Waals surface area contributed by atoms with Crippen LogP contribution in [0.4, 0.5) is 10.7 Å². The Morgan fingerprint density at radius 1 is 1.18 bits per heavy atom. The van der Waals surface area contributed by atoms with Crippen LogP contribution >= 0.6 is 22.9 Å². The van der Waals surface area contributed by atoms with Crippen molar-refractivity contribution in [2.45, 2.75) is 33.1 Å². The second-order valence-corrected chi connectivity index (χ2v) is 8.93. The minimum absolute atomic E-state index is 0.0602. The number of nitro groups is 1. The molecule has 33 heavy (non-hydrogen) atoms. The molecule has 7 nitrogen and oxygen atoms in total. The van der Waals surface area contributed by atoms with Crippen molar-refractivity contribution in [1.29, 1.82) is 0 Å². The van der Waals surface area contributed by atoms with Crippen molar-refractivity contribution in [3.63, 3.8) is 0 Å². The van der Waals surface area contributed by atoms with Gasteiger partial charge >= 0.3 is 5.97 Å². The summed E-state index contributed by atoms with van der Waals surface area (Å²) in [6.07, 6.45) is 0.652. The largest absolute Gasteiger partial charge is 0.462 e. The molecular formula is C24H23ClN2O5S. The van der Waals surface area contributed by atoms with Crippen LogP contribution in [-0.4, -0.2) is 23.4 Å². The minimum Gasteiger partial charge on any atom is -0.462 e. The predicted octanol–water partition coefficient (Wildman–Crippen LogP) is 6.92. The van der Waals surface area contributed by atoms with E-state index in [9.17, 15) is 19.7 Å². The first-order valence-corrected chi connectivity index (χ1v) is 11.6. The SMILES string of the molecule is CCCOC(=O)c1c(-c2ccc(C(C)C)cc2)csc1NC(=O)c1cc([N+](=O)[O-])ccc1Cl. The van der Waals surface area contributed by atoms with E-state index in [1.807, 2.05) is 31.2 Å². The number of carbonyl (C=O) groups is 2. The molecule has 3 rings (SSSR count). The van der Waals surface area contributed by atoms with Crippen LogP contribution in [0.3, 0.4) is 0 Å². The molecule has 0 aliphatic rings. The third-order valence-corrected chi connectivity index (χ3v) is 6.18. The summed E-state index contributed by atoms with van der Waals surface area (Å²) < 4.78 is 5.36. The molecule has 0 radical (unpaired) electrons. The molecule has 0 aliphatic heterocycles. The van der Waals surface area contributed by atoms with Gasteiger partial charge in [0.05, 0.1) is 22.1 Å². The first-order valence-electron chi connectivity index (χ1n) is 10.4. The molecule has 3 aromatic rings. The molecule has 0 spiro atoms. The lowest BCUT2D eigenvalue weighted by Crippen LogP contribution is -2.15. The first kappa shape index (κ1) is 24.4. The molecule has 9 heteroatoms. The third kappa shape index (κ3) is 5.58. The monoisotopic (exact) mass is 486 g/mol. The summed E-state index contributed by atoms with van der Waals surface area (Å²) in [4.78, 5) is 36.3. The van der Waals surface area contributed by atoms with E-state index < -0.39 is 16.8 Å². The maximum atomic E-state index is 12.9. The Morgan fingerprint density at radius 3 is 2.48 bits per heavy atom. The van der Waals surface area contributed by atoms with Gasteiger partial charge in [0, 0.05) is 23.1 Å². The fourth-order valence-corrected chi connectivity index (χ4v) is 4.31. The molecule has 1 N–H and O–H groups in total. The lowest BCUT2D eigenvalue weighted by Gasteiger charge is -2.11. The molecule has 0 saturated heterocycles. The topological polar surface area (TPSA) is 98.5 Å². The van der Waals surface area contributed by atoms with Crippen molar-refractivity contribution < 1.29 is 19.2 Å². The molecule has 0 fully saturated rings. The fraction of sp³-hybridized carbons (Fsp3) is 0.250. The van der Waals surface area contributed by atoms with E-state index >= 15 is 0 Å². The molecule has 172 valence electrons. The number of carbonyl (C=O) groups excluding carboxylic acids is 2. The Balaban J connectivity index is 2.00. The molecule has 1 amide bonds. The summed E-state index contributed by atoms with van der Waals surface area (Å²) in [5, 5.41) is 15.9. The number of anilines is 1. The van der Waals surface area contributed by atoms with Gasteiger partial charge in [0.2, 0.25) is 0 Å². The minimum atomic E-state index is -0.656. The van der Waals surface area contributed by atoms with Crippen molar-refractivity contribution in [3.8, 4) is 11.1 Å². The van der Waals surface area contributed by atoms with Crippen LogP contribution in [-0.2, 0) is 4.74 Å². The number of hydrogen-bond acceptors (Lipinski definition) is 6. The number of thiophene rings is 1. The van der Waals surface area contributed by atoms with Gasteiger partial charge in [0.15, 0.2) is 0 Å². The number of benzene rings is 2. The third-order valence-electron chi connectivity index (χ3n) is 4.95. The Bertz CT molecular complexity index is 1190. The van der Waals surface area contributed by atoms with Gasteiger partial charge in [0.25, 0.3) is 11.6 Å². The van der Waals surface area contributed by atoms with E-state index in [0.717, 1.165) is 17.2 Å². The lowest BCUT2D eigenvalue weighted by molar-refractivity contribution is -0.384. The number of amides is 1. The Kier molecular flexibility index (Phi) is 7.84. The predicted molar refractivity (Wildman–Crippen MR) is 130 cm³/mol. The van der Waals surface area contributed by atoms with Crippen LogP contribution in [0.2, 0.25) is 5.02 Å². The quantitative estimate of drug-likeness (QED) is 0.211. The van der Waals surface area contributed by atoms with Crippen molar-refractivity contribution in [1.82, 2.24) is 0 Å². The fourth-order valence-electron chi connectivity index (χ4n) is 3.15. The van der Waals surface area contributed by atoms with E-state index in [2.05, 4.69) is 19.2 Å². The molecule has 0 bridgehead atoms. The number of hydrogen-bond donors (Lipinski definition) is 1. The highest BCUT2D eigenvalue weighted by Gasteiger charge is 2.24. The van der Waals surface area contributed by atoms with Crippen molar-refractivity contribution in [2.75, 3.05) is 11.9 Å². The number of halogens is 1. The Hall–Kier alpha value is -3.23.